The fraction of sp³-hybridized carbons (Fsp3) is 0.600. The fourth-order valence-electron chi connectivity index (χ4n) is 2.22. The van der Waals surface area contributed by atoms with E-state index in [0.717, 1.165) is 18.2 Å². The van der Waals surface area contributed by atoms with E-state index in [0.29, 0.717) is 12.0 Å². The van der Waals surface area contributed by atoms with Crippen LogP contribution >= 0.6 is 0 Å². The van der Waals surface area contributed by atoms with Crippen LogP contribution in [0.5, 0.6) is 0 Å². The van der Waals surface area contributed by atoms with Crippen molar-refractivity contribution in [2.45, 2.75) is 51.5 Å². The quantitative estimate of drug-likeness (QED) is 0.760. The molecule has 0 aliphatic heterocycles. The van der Waals surface area contributed by atoms with Crippen LogP contribution in [0.3, 0.4) is 0 Å². The smallest absolute Gasteiger partial charge is 0.126 e. The molecule has 0 aliphatic rings. The van der Waals surface area contributed by atoms with Crippen molar-refractivity contribution in [3.63, 3.8) is 0 Å². The first-order valence-corrected chi connectivity index (χ1v) is 10.5. The number of hydrogen-bond donors (Lipinski definition) is 1. The highest BCUT2D eigenvalue weighted by molar-refractivity contribution is 6.76. The Morgan fingerprint density at radius 2 is 1.78 bits per heavy atom. The van der Waals surface area contributed by atoms with Crippen LogP contribution in [0.25, 0.3) is 0 Å². The Labute approximate surface area is 112 Å². The summed E-state index contributed by atoms with van der Waals surface area (Å²) in [5.74, 6) is 0.228. The first-order valence-electron chi connectivity index (χ1n) is 6.77. The number of hydrogen-bond acceptors (Lipinski definition) is 1. The molecule has 0 radical (unpaired) electrons. The lowest BCUT2D eigenvalue weighted by molar-refractivity contribution is 0.523. The van der Waals surface area contributed by atoms with Crippen molar-refractivity contribution in [1.82, 2.24) is 5.32 Å². The van der Waals surface area contributed by atoms with Gasteiger partial charge in [-0.15, -0.1) is 0 Å². The molecule has 3 heteroatoms. The SMILES string of the molecule is CC(C)NCC(C[Si](C)(C)C)c1ccccc1F. The van der Waals surface area contributed by atoms with E-state index in [1.165, 1.54) is 0 Å². The van der Waals surface area contributed by atoms with Crippen LogP contribution in [0.4, 0.5) is 4.39 Å². The maximum atomic E-state index is 13.9. The van der Waals surface area contributed by atoms with Gasteiger partial charge in [-0.3, -0.25) is 0 Å². The zero-order valence-corrected chi connectivity index (χ0v) is 13.3. The number of benzene rings is 1. The molecular weight excluding hydrogens is 241 g/mol. The van der Waals surface area contributed by atoms with Gasteiger partial charge in [-0.2, -0.15) is 0 Å². The van der Waals surface area contributed by atoms with Gasteiger partial charge in [0.1, 0.15) is 5.82 Å². The molecule has 0 fully saturated rings. The van der Waals surface area contributed by atoms with Gasteiger partial charge >= 0.3 is 0 Å². The summed E-state index contributed by atoms with van der Waals surface area (Å²) >= 11 is 0. The number of nitrogens with one attached hydrogen (secondary N) is 1. The molecule has 1 unspecified atom stereocenters. The molecule has 0 aliphatic carbocycles. The average Bonchev–Trinajstić information content (AvgIpc) is 2.23. The van der Waals surface area contributed by atoms with E-state index < -0.39 is 8.07 Å². The summed E-state index contributed by atoms with van der Waals surface area (Å²) in [5, 5.41) is 3.45. The van der Waals surface area contributed by atoms with Crippen LogP contribution in [-0.2, 0) is 0 Å². The van der Waals surface area contributed by atoms with Crippen LogP contribution in [0.1, 0.15) is 25.3 Å². The predicted octanol–water partition coefficient (Wildman–Crippen LogP) is 4.25. The Kier molecular flexibility index (Phi) is 5.54. The van der Waals surface area contributed by atoms with E-state index in [-0.39, 0.29) is 5.82 Å². The van der Waals surface area contributed by atoms with E-state index in [1.807, 2.05) is 12.1 Å². The number of halogens is 1. The van der Waals surface area contributed by atoms with Gasteiger partial charge in [0.2, 0.25) is 0 Å². The molecule has 1 nitrogen and oxygen atoms in total. The second-order valence-electron chi connectivity index (χ2n) is 6.55. The molecule has 0 heterocycles. The minimum Gasteiger partial charge on any atom is -0.314 e. The van der Waals surface area contributed by atoms with Crippen molar-refractivity contribution < 1.29 is 4.39 Å². The van der Waals surface area contributed by atoms with Gasteiger partial charge in [0.25, 0.3) is 0 Å². The van der Waals surface area contributed by atoms with Crippen LogP contribution in [0.15, 0.2) is 24.3 Å². The normalized spacial score (nSPS) is 13.9. The second-order valence-corrected chi connectivity index (χ2v) is 12.1. The van der Waals surface area contributed by atoms with Gasteiger partial charge in [-0.25, -0.2) is 4.39 Å². The van der Waals surface area contributed by atoms with Gasteiger partial charge in [0.15, 0.2) is 0 Å². The van der Waals surface area contributed by atoms with Crippen molar-refractivity contribution in [3.8, 4) is 0 Å². The lowest BCUT2D eigenvalue weighted by Crippen LogP contribution is -2.32. The van der Waals surface area contributed by atoms with Gasteiger partial charge in [-0.05, 0) is 23.6 Å². The Morgan fingerprint density at radius 1 is 1.17 bits per heavy atom. The highest BCUT2D eigenvalue weighted by Gasteiger charge is 2.23. The molecule has 0 aromatic heterocycles. The molecule has 18 heavy (non-hydrogen) atoms. The molecule has 1 N–H and O–H groups in total. The molecule has 1 atom stereocenters. The summed E-state index contributed by atoms with van der Waals surface area (Å²) in [5.41, 5.74) is 0.869. The van der Waals surface area contributed by atoms with E-state index in [2.05, 4.69) is 38.8 Å². The molecular formula is C15H26FNSi. The van der Waals surface area contributed by atoms with Crippen molar-refractivity contribution in [2.24, 2.45) is 0 Å². The Morgan fingerprint density at radius 3 is 2.28 bits per heavy atom. The summed E-state index contributed by atoms with van der Waals surface area (Å²) in [7, 11) is -1.20. The molecule has 0 saturated heterocycles. The molecule has 102 valence electrons. The summed E-state index contributed by atoms with van der Waals surface area (Å²) < 4.78 is 13.9. The first-order chi connectivity index (χ1) is 8.29. The third kappa shape index (κ3) is 5.32. The van der Waals surface area contributed by atoms with Crippen LogP contribution in [0.2, 0.25) is 25.7 Å². The standard InChI is InChI=1S/C15H26FNSi/c1-12(2)17-10-13(11-18(3,4)5)14-8-6-7-9-15(14)16/h6-9,12-13,17H,10-11H2,1-5H3. The zero-order valence-electron chi connectivity index (χ0n) is 12.3. The molecule has 0 amide bonds. The predicted molar refractivity (Wildman–Crippen MR) is 80.4 cm³/mol. The molecule has 0 spiro atoms. The van der Waals surface area contributed by atoms with E-state index in [1.54, 1.807) is 12.1 Å². The largest absolute Gasteiger partial charge is 0.314 e. The third-order valence-corrected chi connectivity index (χ3v) is 4.69. The van der Waals surface area contributed by atoms with Crippen LogP contribution < -0.4 is 5.32 Å². The third-order valence-electron chi connectivity index (χ3n) is 2.98. The molecule has 1 aromatic carbocycles. The minimum atomic E-state index is -1.20. The first kappa shape index (κ1) is 15.4. The van der Waals surface area contributed by atoms with Gasteiger partial charge in [0, 0.05) is 20.7 Å². The average molecular weight is 267 g/mol. The van der Waals surface area contributed by atoms with Gasteiger partial charge in [0.05, 0.1) is 0 Å². The fourth-order valence-corrected chi connectivity index (χ4v) is 4.06. The Bertz CT molecular complexity index is 371. The summed E-state index contributed by atoms with van der Waals surface area (Å²) in [6.07, 6.45) is 0. The van der Waals surface area contributed by atoms with E-state index in [9.17, 15) is 4.39 Å². The molecule has 1 rings (SSSR count). The Hall–Kier alpha value is -0.673. The van der Waals surface area contributed by atoms with Gasteiger partial charge < -0.3 is 5.32 Å². The van der Waals surface area contributed by atoms with Crippen molar-refractivity contribution in [3.05, 3.63) is 35.6 Å². The van der Waals surface area contributed by atoms with E-state index in [4.69, 9.17) is 0 Å². The van der Waals surface area contributed by atoms with Crippen LogP contribution in [-0.4, -0.2) is 20.7 Å². The lowest BCUT2D eigenvalue weighted by atomic mass is 10.00. The maximum Gasteiger partial charge on any atom is 0.126 e. The number of rotatable bonds is 6. The summed E-state index contributed by atoms with van der Waals surface area (Å²) in [6, 6.07) is 8.77. The lowest BCUT2D eigenvalue weighted by Gasteiger charge is -2.26. The van der Waals surface area contributed by atoms with Gasteiger partial charge in [-0.1, -0.05) is 51.7 Å². The summed E-state index contributed by atoms with van der Waals surface area (Å²) in [6.45, 7) is 12.2. The molecule has 0 saturated carbocycles. The zero-order chi connectivity index (χ0) is 13.8. The highest BCUT2D eigenvalue weighted by Crippen LogP contribution is 2.28. The molecule has 0 bridgehead atoms. The van der Waals surface area contributed by atoms with E-state index >= 15 is 0 Å². The monoisotopic (exact) mass is 267 g/mol. The highest BCUT2D eigenvalue weighted by atomic mass is 28.3. The van der Waals surface area contributed by atoms with Crippen molar-refractivity contribution in [1.29, 1.82) is 0 Å². The maximum absolute atomic E-state index is 13.9. The molecule has 1 aromatic rings. The van der Waals surface area contributed by atoms with Crippen molar-refractivity contribution in [2.75, 3.05) is 6.54 Å². The minimum absolute atomic E-state index is 0.0636. The van der Waals surface area contributed by atoms with Crippen molar-refractivity contribution >= 4 is 8.07 Å². The Balaban J connectivity index is 2.86. The topological polar surface area (TPSA) is 12.0 Å². The summed E-state index contributed by atoms with van der Waals surface area (Å²) in [4.78, 5) is 0. The second kappa shape index (κ2) is 6.48. The van der Waals surface area contributed by atoms with Crippen LogP contribution in [0, 0.1) is 5.82 Å².